The first-order chi connectivity index (χ1) is 11.2. The number of nitrogens with one attached hydrogen (secondary N) is 1. The van der Waals surface area contributed by atoms with Crippen molar-refractivity contribution in [1.82, 2.24) is 0 Å². The van der Waals surface area contributed by atoms with Crippen LogP contribution in [0, 0.1) is 10.1 Å². The number of rotatable bonds is 2. The number of Topliss-reactive ketones (excluding diaryl/α,β-unsaturated/α-hetero) is 1. The van der Waals surface area contributed by atoms with Gasteiger partial charge >= 0.3 is 0 Å². The summed E-state index contributed by atoms with van der Waals surface area (Å²) in [5.41, 5.74) is -2.62. The number of nitro groups is 1. The normalized spacial score (nSPS) is 36.5. The van der Waals surface area contributed by atoms with Crippen molar-refractivity contribution < 1.29 is 24.0 Å². The molecule has 1 aromatic carbocycles. The monoisotopic (exact) mass is 332 g/mol. The van der Waals surface area contributed by atoms with E-state index in [-0.39, 0.29) is 11.5 Å². The molecule has 8 nitrogen and oxygen atoms in total. The van der Waals surface area contributed by atoms with Gasteiger partial charge in [-0.1, -0.05) is 0 Å². The molecule has 2 bridgehead atoms. The summed E-state index contributed by atoms with van der Waals surface area (Å²) in [6, 6.07) is 4.06. The highest BCUT2D eigenvalue weighted by Gasteiger charge is 2.75. The van der Waals surface area contributed by atoms with Gasteiger partial charge in [0.1, 0.15) is 0 Å². The van der Waals surface area contributed by atoms with Gasteiger partial charge in [0.05, 0.1) is 4.92 Å². The SMILES string of the molecule is CC(=O)[C@@]12CCC[C@@](C)(O1)O[C@]21C(=O)Nc2ccc([N+](=O)[O-])cc21. The summed E-state index contributed by atoms with van der Waals surface area (Å²) in [5, 5.41) is 13.8. The maximum atomic E-state index is 12.9. The number of benzene rings is 1. The molecule has 2 saturated heterocycles. The fourth-order valence-electron chi connectivity index (χ4n) is 4.23. The van der Waals surface area contributed by atoms with Gasteiger partial charge in [0.15, 0.2) is 17.2 Å². The van der Waals surface area contributed by atoms with Crippen LogP contribution in [-0.2, 0) is 24.7 Å². The number of hydrogen-bond acceptors (Lipinski definition) is 6. The lowest BCUT2D eigenvalue weighted by molar-refractivity contribution is -0.385. The van der Waals surface area contributed by atoms with Gasteiger partial charge in [0, 0.05) is 29.8 Å². The largest absolute Gasteiger partial charge is 0.332 e. The Kier molecular flexibility index (Phi) is 2.79. The van der Waals surface area contributed by atoms with Gasteiger partial charge in [0.2, 0.25) is 5.60 Å². The molecule has 3 atom stereocenters. The summed E-state index contributed by atoms with van der Waals surface area (Å²) in [6.45, 7) is 3.06. The first kappa shape index (κ1) is 15.2. The fourth-order valence-corrected chi connectivity index (χ4v) is 4.23. The molecule has 8 heteroatoms. The third-order valence-corrected chi connectivity index (χ3v) is 5.22. The number of carbonyl (C=O) groups is 2. The lowest BCUT2D eigenvalue weighted by atomic mass is 9.72. The van der Waals surface area contributed by atoms with Crippen molar-refractivity contribution in [2.75, 3.05) is 5.32 Å². The zero-order valence-corrected chi connectivity index (χ0v) is 13.3. The minimum absolute atomic E-state index is 0.168. The standard InChI is InChI=1S/C16H16N2O6/c1-9(19)15-7-3-6-14(2,23-15)24-16(15)11-8-10(18(21)22)4-5-12(11)17-13(16)20/h4-5,8H,3,6-7H2,1-2H3,(H,17,20)/t14-,15+,16+/m0/s1. The molecule has 0 aromatic heterocycles. The number of hydrogen-bond donors (Lipinski definition) is 1. The van der Waals surface area contributed by atoms with E-state index in [2.05, 4.69) is 5.32 Å². The molecule has 3 aliphatic rings. The number of ether oxygens (including phenoxy) is 2. The van der Waals surface area contributed by atoms with E-state index in [0.717, 1.165) is 0 Å². The molecule has 0 aliphatic carbocycles. The fraction of sp³-hybridized carbons (Fsp3) is 0.500. The van der Waals surface area contributed by atoms with Crippen molar-refractivity contribution in [2.45, 2.75) is 50.1 Å². The number of nitro benzene ring substituents is 1. The van der Waals surface area contributed by atoms with E-state index in [0.29, 0.717) is 30.5 Å². The number of amides is 1. The summed E-state index contributed by atoms with van der Waals surface area (Å²) in [6.07, 6.45) is 1.53. The summed E-state index contributed by atoms with van der Waals surface area (Å²) in [7, 11) is 0. The van der Waals surface area contributed by atoms with Crippen molar-refractivity contribution in [2.24, 2.45) is 0 Å². The smallest absolute Gasteiger partial charge is 0.269 e. The highest BCUT2D eigenvalue weighted by atomic mass is 16.8. The van der Waals surface area contributed by atoms with E-state index in [1.807, 2.05) is 0 Å². The first-order valence-corrected chi connectivity index (χ1v) is 7.76. The molecule has 3 aliphatic heterocycles. The lowest BCUT2D eigenvalue weighted by Gasteiger charge is -2.38. The van der Waals surface area contributed by atoms with Crippen LogP contribution in [0.3, 0.4) is 0 Å². The van der Waals surface area contributed by atoms with Crippen LogP contribution in [0.25, 0.3) is 0 Å². The molecule has 0 unspecified atom stereocenters. The minimum Gasteiger partial charge on any atom is -0.332 e. The zero-order valence-electron chi connectivity index (χ0n) is 13.3. The molecular formula is C16H16N2O6. The Labute approximate surface area is 137 Å². The molecular weight excluding hydrogens is 316 g/mol. The van der Waals surface area contributed by atoms with Crippen molar-refractivity contribution in [3.05, 3.63) is 33.9 Å². The number of anilines is 1. The van der Waals surface area contributed by atoms with E-state index in [4.69, 9.17) is 9.47 Å². The molecule has 0 saturated carbocycles. The Hall–Kier alpha value is -2.32. The molecule has 4 rings (SSSR count). The topological polar surface area (TPSA) is 108 Å². The number of fused-ring (bicyclic) bond motifs is 5. The summed E-state index contributed by atoms with van der Waals surface area (Å²) < 4.78 is 12.1. The van der Waals surface area contributed by atoms with Gasteiger partial charge < -0.3 is 14.8 Å². The Bertz CT molecular complexity index is 808. The quantitative estimate of drug-likeness (QED) is 0.655. The van der Waals surface area contributed by atoms with Gasteiger partial charge in [-0.2, -0.15) is 0 Å². The van der Waals surface area contributed by atoms with Crippen molar-refractivity contribution >= 4 is 23.1 Å². The van der Waals surface area contributed by atoms with Gasteiger partial charge in [-0.25, -0.2) is 0 Å². The second kappa shape index (κ2) is 4.40. The maximum Gasteiger partial charge on any atom is 0.269 e. The molecule has 2 fully saturated rings. The predicted molar refractivity (Wildman–Crippen MR) is 81.2 cm³/mol. The molecule has 3 heterocycles. The number of carbonyl (C=O) groups excluding carboxylic acids is 2. The van der Waals surface area contributed by atoms with E-state index in [1.165, 1.54) is 25.1 Å². The Balaban J connectivity index is 2.01. The van der Waals surface area contributed by atoms with Crippen LogP contribution >= 0.6 is 0 Å². The van der Waals surface area contributed by atoms with Crippen molar-refractivity contribution in [1.29, 1.82) is 0 Å². The van der Waals surface area contributed by atoms with E-state index in [1.54, 1.807) is 6.92 Å². The second-order valence-electron chi connectivity index (χ2n) is 6.70. The Morgan fingerprint density at radius 1 is 1.33 bits per heavy atom. The zero-order chi connectivity index (χ0) is 17.3. The third-order valence-electron chi connectivity index (χ3n) is 5.22. The van der Waals surface area contributed by atoms with Crippen LogP contribution in [0.2, 0.25) is 0 Å². The molecule has 1 amide bonds. The Morgan fingerprint density at radius 2 is 2.08 bits per heavy atom. The molecule has 1 aromatic rings. The van der Waals surface area contributed by atoms with Crippen LogP contribution < -0.4 is 5.32 Å². The summed E-state index contributed by atoms with van der Waals surface area (Å²) in [5.74, 6) is -1.91. The second-order valence-corrected chi connectivity index (χ2v) is 6.70. The molecule has 0 radical (unpaired) electrons. The van der Waals surface area contributed by atoms with Crippen molar-refractivity contribution in [3.8, 4) is 0 Å². The number of non-ortho nitro benzene ring substituents is 1. The maximum absolute atomic E-state index is 12.9. The van der Waals surface area contributed by atoms with E-state index in [9.17, 15) is 19.7 Å². The van der Waals surface area contributed by atoms with Crippen LogP contribution in [0.4, 0.5) is 11.4 Å². The molecule has 1 N–H and O–H groups in total. The number of nitrogens with zero attached hydrogens (tertiary/aromatic N) is 1. The van der Waals surface area contributed by atoms with Gasteiger partial charge in [-0.05, 0) is 32.8 Å². The minimum atomic E-state index is -1.69. The van der Waals surface area contributed by atoms with E-state index < -0.39 is 27.8 Å². The van der Waals surface area contributed by atoms with E-state index >= 15 is 0 Å². The van der Waals surface area contributed by atoms with Crippen LogP contribution in [0.5, 0.6) is 0 Å². The highest BCUT2D eigenvalue weighted by molar-refractivity contribution is 6.10. The van der Waals surface area contributed by atoms with Gasteiger partial charge in [-0.3, -0.25) is 19.7 Å². The summed E-state index contributed by atoms with van der Waals surface area (Å²) >= 11 is 0. The number of ketones is 1. The highest BCUT2D eigenvalue weighted by Crippen LogP contribution is 2.61. The Morgan fingerprint density at radius 3 is 2.75 bits per heavy atom. The van der Waals surface area contributed by atoms with Crippen LogP contribution in [-0.4, -0.2) is 28.0 Å². The molecule has 24 heavy (non-hydrogen) atoms. The molecule has 1 spiro atoms. The van der Waals surface area contributed by atoms with Crippen LogP contribution in [0.1, 0.15) is 38.7 Å². The van der Waals surface area contributed by atoms with Gasteiger partial charge in [0.25, 0.3) is 11.6 Å². The molecule has 126 valence electrons. The average Bonchev–Trinajstić information content (AvgIpc) is 2.89. The third kappa shape index (κ3) is 1.59. The predicted octanol–water partition coefficient (Wildman–Crippen LogP) is 2.02. The van der Waals surface area contributed by atoms with Crippen LogP contribution in [0.15, 0.2) is 18.2 Å². The van der Waals surface area contributed by atoms with Gasteiger partial charge in [-0.15, -0.1) is 0 Å². The first-order valence-electron chi connectivity index (χ1n) is 7.76. The average molecular weight is 332 g/mol. The summed E-state index contributed by atoms with van der Waals surface area (Å²) in [4.78, 5) is 36.0. The van der Waals surface area contributed by atoms with Crippen molar-refractivity contribution in [3.63, 3.8) is 0 Å². The lowest BCUT2D eigenvalue weighted by Crippen LogP contribution is -2.58.